The monoisotopic (exact) mass is 392 g/mol. The molecule has 0 spiro atoms. The minimum atomic E-state index is -4.57. The maximum absolute atomic E-state index is 12.1. The maximum atomic E-state index is 12.1. The van der Waals surface area contributed by atoms with Crippen LogP contribution in [0.2, 0.25) is 10.0 Å². The molecule has 1 unspecified atom stereocenters. The van der Waals surface area contributed by atoms with Crippen molar-refractivity contribution in [1.29, 1.82) is 0 Å². The molecule has 3 nitrogen and oxygen atoms in total. The number of alkyl halides is 3. The lowest BCUT2D eigenvalue weighted by Gasteiger charge is -2.14. The highest BCUT2D eigenvalue weighted by Gasteiger charge is 2.31. The van der Waals surface area contributed by atoms with Crippen molar-refractivity contribution in [3.05, 3.63) is 33.3 Å². The van der Waals surface area contributed by atoms with E-state index in [1.54, 1.807) is 6.92 Å². The van der Waals surface area contributed by atoms with Gasteiger partial charge in [-0.05, 0) is 13.0 Å². The number of hydrogen-bond acceptors (Lipinski definition) is 3. The second-order valence-electron chi connectivity index (χ2n) is 4.57. The molecule has 9 heteroatoms. The van der Waals surface area contributed by atoms with E-state index in [9.17, 15) is 18.3 Å². The van der Waals surface area contributed by atoms with Crippen molar-refractivity contribution in [1.82, 2.24) is 0 Å². The summed E-state index contributed by atoms with van der Waals surface area (Å²) in [6, 6.07) is 2.57. The Morgan fingerprint density at radius 3 is 2.39 bits per heavy atom. The highest BCUT2D eigenvalue weighted by Crippen LogP contribution is 2.36. The quantitative estimate of drug-likeness (QED) is 0.659. The Kier molecular flexibility index (Phi) is 7.80. The fourth-order valence-electron chi connectivity index (χ4n) is 1.50. The fourth-order valence-corrected chi connectivity index (χ4v) is 2.14. The first-order chi connectivity index (χ1) is 10.6. The number of phenolic OH excluding ortho intramolecular Hbond substituents is 1. The summed E-state index contributed by atoms with van der Waals surface area (Å²) >= 11 is 16.8. The molecule has 0 saturated carbocycles. The molecule has 0 bridgehead atoms. The minimum absolute atomic E-state index is 0.0858. The third-order valence-corrected chi connectivity index (χ3v) is 3.60. The highest BCUT2D eigenvalue weighted by atomic mass is 35.5. The highest BCUT2D eigenvalue weighted by molar-refractivity contribution is 6.37. The largest absolute Gasteiger partial charge is 0.508 e. The van der Waals surface area contributed by atoms with Gasteiger partial charge in [0.25, 0.3) is 0 Å². The van der Waals surface area contributed by atoms with Gasteiger partial charge in [-0.2, -0.15) is 13.2 Å². The summed E-state index contributed by atoms with van der Waals surface area (Å²) in [7, 11) is 0. The molecule has 1 atom stereocenters. The van der Waals surface area contributed by atoms with Crippen molar-refractivity contribution < 1.29 is 27.8 Å². The van der Waals surface area contributed by atoms with Crippen molar-refractivity contribution in [2.75, 3.05) is 13.2 Å². The summed E-state index contributed by atoms with van der Waals surface area (Å²) in [5.41, 5.74) is 0. The Balaban J connectivity index is 2.39. The minimum Gasteiger partial charge on any atom is -0.508 e. The number of rotatable bonds is 7. The van der Waals surface area contributed by atoms with Crippen molar-refractivity contribution in [3.63, 3.8) is 0 Å². The lowest BCUT2D eigenvalue weighted by atomic mass is 10.3. The molecule has 1 N–H and O–H groups in total. The smallest absolute Gasteiger partial charge is 0.426 e. The van der Waals surface area contributed by atoms with Gasteiger partial charge in [0.15, 0.2) is 5.75 Å². The molecule has 130 valence electrons. The molecule has 23 heavy (non-hydrogen) atoms. The zero-order chi connectivity index (χ0) is 17.6. The Labute approximate surface area is 146 Å². The summed E-state index contributed by atoms with van der Waals surface area (Å²) in [6.45, 7) is 1.60. The molecule has 1 aromatic carbocycles. The van der Waals surface area contributed by atoms with Crippen LogP contribution < -0.4 is 4.74 Å². The second-order valence-corrected chi connectivity index (χ2v) is 5.79. The van der Waals surface area contributed by atoms with Gasteiger partial charge in [-0.15, -0.1) is 0 Å². The molecule has 0 radical (unpaired) electrons. The summed E-state index contributed by atoms with van der Waals surface area (Å²) in [4.78, 5) is 0. The number of halogens is 6. The van der Waals surface area contributed by atoms with Crippen LogP contribution in [0, 0.1) is 0 Å². The summed E-state index contributed by atoms with van der Waals surface area (Å²) < 4.78 is 47.0. The number of phenols is 1. The molecule has 0 fully saturated rings. The van der Waals surface area contributed by atoms with E-state index in [0.29, 0.717) is 6.42 Å². The number of allylic oxidation sites excluding steroid dienone is 1. The van der Waals surface area contributed by atoms with E-state index in [2.05, 4.69) is 0 Å². The maximum Gasteiger partial charge on any atom is 0.426 e. The van der Waals surface area contributed by atoms with Crippen molar-refractivity contribution in [2.24, 2.45) is 0 Å². The zero-order valence-electron chi connectivity index (χ0n) is 12.0. The van der Waals surface area contributed by atoms with Crippen molar-refractivity contribution in [3.8, 4) is 11.5 Å². The predicted molar refractivity (Wildman–Crippen MR) is 83.6 cm³/mol. The van der Waals surface area contributed by atoms with Crippen LogP contribution in [0.1, 0.15) is 13.3 Å². The zero-order valence-corrected chi connectivity index (χ0v) is 14.2. The lowest BCUT2D eigenvalue weighted by molar-refractivity contribution is -0.0852. The summed E-state index contributed by atoms with van der Waals surface area (Å²) in [5.74, 6) is 0.135. The van der Waals surface area contributed by atoms with E-state index in [4.69, 9.17) is 44.3 Å². The van der Waals surface area contributed by atoms with Crippen LogP contribution in [0.4, 0.5) is 13.2 Å². The normalized spacial score (nSPS) is 14.0. The van der Waals surface area contributed by atoms with Crippen LogP contribution in [0.25, 0.3) is 0 Å². The van der Waals surface area contributed by atoms with Crippen molar-refractivity contribution in [2.45, 2.75) is 25.6 Å². The van der Waals surface area contributed by atoms with Gasteiger partial charge in [0.05, 0.1) is 29.4 Å². The number of benzene rings is 1. The first-order valence-corrected chi connectivity index (χ1v) is 7.60. The van der Waals surface area contributed by atoms with Crippen LogP contribution in [0.3, 0.4) is 0 Å². The van der Waals surface area contributed by atoms with E-state index in [1.165, 1.54) is 12.1 Å². The third-order valence-electron chi connectivity index (χ3n) is 2.67. The van der Waals surface area contributed by atoms with Gasteiger partial charge in [0.1, 0.15) is 10.8 Å². The van der Waals surface area contributed by atoms with E-state index in [0.717, 1.165) is 6.08 Å². The average molecular weight is 394 g/mol. The van der Waals surface area contributed by atoms with Gasteiger partial charge in [-0.3, -0.25) is 0 Å². The van der Waals surface area contributed by atoms with Gasteiger partial charge >= 0.3 is 6.18 Å². The van der Waals surface area contributed by atoms with Gasteiger partial charge in [-0.25, -0.2) is 0 Å². The molecule has 0 saturated heterocycles. The van der Waals surface area contributed by atoms with E-state index in [-0.39, 0.29) is 40.9 Å². The topological polar surface area (TPSA) is 38.7 Å². The number of aromatic hydroxyl groups is 1. The van der Waals surface area contributed by atoms with E-state index in [1.807, 2.05) is 0 Å². The molecule has 0 heterocycles. The van der Waals surface area contributed by atoms with Gasteiger partial charge in [0.2, 0.25) is 0 Å². The summed E-state index contributed by atoms with van der Waals surface area (Å²) in [5, 5.41) is 8.38. The third kappa shape index (κ3) is 7.08. The predicted octanol–water partition coefficient (Wildman–Crippen LogP) is 5.56. The van der Waals surface area contributed by atoms with Crippen LogP contribution >= 0.6 is 34.8 Å². The molecule has 0 amide bonds. The summed E-state index contributed by atoms with van der Waals surface area (Å²) in [6.07, 6.45) is -3.78. The van der Waals surface area contributed by atoms with Crippen LogP contribution in [-0.2, 0) is 4.74 Å². The first kappa shape index (κ1) is 20.2. The Morgan fingerprint density at radius 2 is 1.87 bits per heavy atom. The fraction of sp³-hybridized carbons (Fsp3) is 0.429. The van der Waals surface area contributed by atoms with Gasteiger partial charge in [-0.1, -0.05) is 34.8 Å². The first-order valence-electron chi connectivity index (χ1n) is 6.46. The molecule has 1 aromatic rings. The van der Waals surface area contributed by atoms with Gasteiger partial charge in [0, 0.05) is 18.6 Å². The lowest BCUT2D eigenvalue weighted by Crippen LogP contribution is -2.14. The molecular formula is C14H14Cl3F3O3. The molecular weight excluding hydrogens is 380 g/mol. The van der Waals surface area contributed by atoms with Crippen molar-refractivity contribution >= 4 is 34.8 Å². The second kappa shape index (κ2) is 8.87. The van der Waals surface area contributed by atoms with Gasteiger partial charge < -0.3 is 14.6 Å². The van der Waals surface area contributed by atoms with Crippen LogP contribution in [-0.4, -0.2) is 30.6 Å². The van der Waals surface area contributed by atoms with E-state index >= 15 is 0 Å². The average Bonchev–Trinajstić information content (AvgIpc) is 2.40. The molecule has 0 aromatic heterocycles. The Hall–Kier alpha value is -0.820. The van der Waals surface area contributed by atoms with Crippen LogP contribution in [0.5, 0.6) is 11.5 Å². The number of ether oxygens (including phenoxy) is 2. The van der Waals surface area contributed by atoms with Crippen LogP contribution in [0.15, 0.2) is 23.2 Å². The molecule has 1 rings (SSSR count). The standard InChI is InChI=1S/C14H14Cl3F3O3/c1-8(22-5-3-12(17)14(18,19)20)2-4-23-13-10(15)6-9(21)7-11(13)16/h3,6-8,21H,2,4-5H2,1H3. The SMILES string of the molecule is CC(CCOc1c(Cl)cc(O)cc1Cl)OCC=C(Cl)C(F)(F)F. The Morgan fingerprint density at radius 1 is 1.30 bits per heavy atom. The molecule has 0 aliphatic rings. The van der Waals surface area contributed by atoms with E-state index < -0.39 is 11.2 Å². The molecule has 0 aliphatic carbocycles. The molecule has 0 aliphatic heterocycles. The Bertz CT molecular complexity index is 539. The number of hydrogen-bond donors (Lipinski definition) is 1.